The Morgan fingerprint density at radius 1 is 1.40 bits per heavy atom. The molecule has 0 unspecified atom stereocenters. The molecule has 8 heteroatoms. The Bertz CT molecular complexity index is 671. The number of phenolic OH excluding ortho intramolecular Hbond substituents is 1. The first-order valence-electron chi connectivity index (χ1n) is 5.48. The second kappa shape index (κ2) is 5.89. The van der Waals surface area contributed by atoms with Crippen molar-refractivity contribution in [3.05, 3.63) is 55.2 Å². The summed E-state index contributed by atoms with van der Waals surface area (Å²) in [7, 11) is 0. The second-order valence-corrected chi connectivity index (χ2v) is 5.62. The monoisotopic (exact) mass is 312 g/mol. The summed E-state index contributed by atoms with van der Waals surface area (Å²) in [6.07, 6.45) is 0. The van der Waals surface area contributed by atoms with Crippen LogP contribution in [0.15, 0.2) is 30.3 Å². The molecule has 0 spiro atoms. The van der Waals surface area contributed by atoms with Crippen LogP contribution in [0.5, 0.6) is 5.75 Å². The standard InChI is InChI=1S/C12H9ClN2O4S/c13-10-5-4-7(20-10)6-14-12(17)8-2-1-3-9(11(8)16)15(18)19/h1-5,16H,6H2,(H,14,17). The number of hydrogen-bond donors (Lipinski definition) is 2. The molecule has 0 atom stereocenters. The average molecular weight is 313 g/mol. The molecule has 0 saturated heterocycles. The molecule has 20 heavy (non-hydrogen) atoms. The predicted molar refractivity (Wildman–Crippen MR) is 75.3 cm³/mol. The average Bonchev–Trinajstić information content (AvgIpc) is 2.81. The van der Waals surface area contributed by atoms with E-state index in [1.165, 1.54) is 23.5 Å². The molecule has 0 aliphatic heterocycles. The Labute approximate surface area is 122 Å². The molecule has 1 aromatic heterocycles. The van der Waals surface area contributed by atoms with Crippen LogP contribution < -0.4 is 5.32 Å². The molecular weight excluding hydrogens is 304 g/mol. The maximum atomic E-state index is 11.9. The van der Waals surface area contributed by atoms with Crippen LogP contribution in [-0.2, 0) is 6.54 Å². The van der Waals surface area contributed by atoms with Crippen LogP contribution in [0.1, 0.15) is 15.2 Å². The van der Waals surface area contributed by atoms with Crippen LogP contribution in [0, 0.1) is 10.1 Å². The van der Waals surface area contributed by atoms with Gasteiger partial charge in [-0.15, -0.1) is 11.3 Å². The number of halogens is 1. The number of phenols is 1. The van der Waals surface area contributed by atoms with E-state index in [-0.39, 0.29) is 12.1 Å². The van der Waals surface area contributed by atoms with Gasteiger partial charge in [0.2, 0.25) is 5.75 Å². The first-order chi connectivity index (χ1) is 9.49. The lowest BCUT2D eigenvalue weighted by atomic mass is 10.1. The number of rotatable bonds is 4. The number of aromatic hydroxyl groups is 1. The minimum Gasteiger partial charge on any atom is -0.502 e. The van der Waals surface area contributed by atoms with E-state index in [0.717, 1.165) is 10.9 Å². The molecule has 104 valence electrons. The molecule has 0 radical (unpaired) electrons. The van der Waals surface area contributed by atoms with Crippen molar-refractivity contribution in [1.82, 2.24) is 5.32 Å². The summed E-state index contributed by atoms with van der Waals surface area (Å²) in [6.45, 7) is 0.234. The fourth-order valence-corrected chi connectivity index (χ4v) is 2.60. The third-order valence-electron chi connectivity index (χ3n) is 2.51. The maximum absolute atomic E-state index is 11.9. The van der Waals surface area contributed by atoms with Crippen LogP contribution in [0.3, 0.4) is 0 Å². The van der Waals surface area contributed by atoms with Crippen molar-refractivity contribution < 1.29 is 14.8 Å². The second-order valence-electron chi connectivity index (χ2n) is 3.82. The van der Waals surface area contributed by atoms with E-state index in [1.807, 2.05) is 0 Å². The lowest BCUT2D eigenvalue weighted by Crippen LogP contribution is -2.22. The van der Waals surface area contributed by atoms with Crippen molar-refractivity contribution >= 4 is 34.5 Å². The van der Waals surface area contributed by atoms with Crippen LogP contribution in [0.2, 0.25) is 4.34 Å². The zero-order valence-corrected chi connectivity index (χ0v) is 11.6. The van der Waals surface area contributed by atoms with Crippen molar-refractivity contribution in [1.29, 1.82) is 0 Å². The van der Waals surface area contributed by atoms with E-state index in [9.17, 15) is 20.0 Å². The lowest BCUT2D eigenvalue weighted by molar-refractivity contribution is -0.385. The largest absolute Gasteiger partial charge is 0.502 e. The van der Waals surface area contributed by atoms with E-state index >= 15 is 0 Å². The zero-order valence-electron chi connectivity index (χ0n) is 10.00. The van der Waals surface area contributed by atoms with Crippen LogP contribution in [0.25, 0.3) is 0 Å². The molecule has 2 N–H and O–H groups in total. The van der Waals surface area contributed by atoms with Gasteiger partial charge >= 0.3 is 5.69 Å². The number of nitrogens with zero attached hydrogens (tertiary/aromatic N) is 1. The van der Waals surface area contributed by atoms with Crippen LogP contribution in [-0.4, -0.2) is 15.9 Å². The highest BCUT2D eigenvalue weighted by molar-refractivity contribution is 7.16. The molecule has 0 bridgehead atoms. The summed E-state index contributed by atoms with van der Waals surface area (Å²) in [5.41, 5.74) is -0.640. The molecule has 1 aromatic carbocycles. The van der Waals surface area contributed by atoms with Crippen LogP contribution in [0.4, 0.5) is 5.69 Å². The van der Waals surface area contributed by atoms with Gasteiger partial charge in [-0.3, -0.25) is 14.9 Å². The maximum Gasteiger partial charge on any atom is 0.311 e. The van der Waals surface area contributed by atoms with Gasteiger partial charge in [-0.1, -0.05) is 17.7 Å². The number of hydrogen-bond acceptors (Lipinski definition) is 5. The number of benzene rings is 1. The summed E-state index contributed by atoms with van der Waals surface area (Å²) in [4.78, 5) is 22.7. The first kappa shape index (κ1) is 14.3. The molecule has 6 nitrogen and oxygen atoms in total. The third kappa shape index (κ3) is 3.06. The van der Waals surface area contributed by atoms with Gasteiger partial charge in [-0.2, -0.15) is 0 Å². The SMILES string of the molecule is O=C(NCc1ccc(Cl)s1)c1cccc([N+](=O)[O-])c1O. The smallest absolute Gasteiger partial charge is 0.311 e. The molecule has 0 saturated carbocycles. The molecule has 0 aliphatic rings. The van der Waals surface area contributed by atoms with E-state index < -0.39 is 22.3 Å². The number of carbonyl (C=O) groups excluding carboxylic acids is 1. The molecular formula is C12H9ClN2O4S. The fraction of sp³-hybridized carbons (Fsp3) is 0.0833. The Morgan fingerprint density at radius 3 is 2.75 bits per heavy atom. The molecule has 0 fully saturated rings. The fourth-order valence-electron chi connectivity index (χ4n) is 1.57. The quantitative estimate of drug-likeness (QED) is 0.670. The zero-order chi connectivity index (χ0) is 14.7. The number of thiophene rings is 1. The summed E-state index contributed by atoms with van der Waals surface area (Å²) in [5.74, 6) is -1.23. The van der Waals surface area contributed by atoms with Crippen LogP contribution >= 0.6 is 22.9 Å². The Balaban J connectivity index is 2.13. The van der Waals surface area contributed by atoms with Crippen molar-refractivity contribution in [3.8, 4) is 5.75 Å². The van der Waals surface area contributed by atoms with Gasteiger partial charge in [0.1, 0.15) is 0 Å². The lowest BCUT2D eigenvalue weighted by Gasteiger charge is -2.05. The van der Waals surface area contributed by atoms with Crippen molar-refractivity contribution in [3.63, 3.8) is 0 Å². The highest BCUT2D eigenvalue weighted by Gasteiger charge is 2.20. The molecule has 2 rings (SSSR count). The minimum absolute atomic E-state index is 0.137. The summed E-state index contributed by atoms with van der Waals surface area (Å²) < 4.78 is 0.604. The Morgan fingerprint density at radius 2 is 2.15 bits per heavy atom. The van der Waals surface area contributed by atoms with Gasteiger partial charge in [-0.05, 0) is 18.2 Å². The topological polar surface area (TPSA) is 92.5 Å². The van der Waals surface area contributed by atoms with Gasteiger partial charge in [0.05, 0.1) is 21.4 Å². The van der Waals surface area contributed by atoms with Gasteiger partial charge in [-0.25, -0.2) is 0 Å². The predicted octanol–water partition coefficient (Wildman–Crippen LogP) is 2.95. The van der Waals surface area contributed by atoms with E-state index in [4.69, 9.17) is 11.6 Å². The number of nitro benzene ring substituents is 1. The summed E-state index contributed by atoms with van der Waals surface area (Å²) in [5, 5.41) is 23.0. The summed E-state index contributed by atoms with van der Waals surface area (Å²) in [6, 6.07) is 7.26. The highest BCUT2D eigenvalue weighted by Crippen LogP contribution is 2.29. The van der Waals surface area contributed by atoms with Gasteiger partial charge in [0, 0.05) is 10.9 Å². The normalized spacial score (nSPS) is 10.2. The number of para-hydroxylation sites is 1. The third-order valence-corrected chi connectivity index (χ3v) is 3.74. The van der Waals surface area contributed by atoms with Crippen molar-refractivity contribution in [2.24, 2.45) is 0 Å². The number of amides is 1. The van der Waals surface area contributed by atoms with E-state index in [2.05, 4.69) is 5.32 Å². The Kier molecular flexibility index (Phi) is 4.21. The molecule has 1 heterocycles. The van der Waals surface area contributed by atoms with Crippen molar-refractivity contribution in [2.75, 3.05) is 0 Å². The van der Waals surface area contributed by atoms with E-state index in [1.54, 1.807) is 12.1 Å². The highest BCUT2D eigenvalue weighted by atomic mass is 35.5. The van der Waals surface area contributed by atoms with Gasteiger partial charge in [0.25, 0.3) is 5.91 Å². The minimum atomic E-state index is -0.745. The van der Waals surface area contributed by atoms with Gasteiger partial charge < -0.3 is 10.4 Å². The Hall–Kier alpha value is -2.12. The number of nitrogens with one attached hydrogen (secondary N) is 1. The van der Waals surface area contributed by atoms with Crippen molar-refractivity contribution in [2.45, 2.75) is 6.54 Å². The number of carbonyl (C=O) groups is 1. The first-order valence-corrected chi connectivity index (χ1v) is 6.67. The molecule has 1 amide bonds. The van der Waals surface area contributed by atoms with Gasteiger partial charge in [0.15, 0.2) is 0 Å². The molecule has 2 aromatic rings. The number of nitro groups is 1. The molecule has 0 aliphatic carbocycles. The summed E-state index contributed by atoms with van der Waals surface area (Å²) >= 11 is 7.08. The van der Waals surface area contributed by atoms with E-state index in [0.29, 0.717) is 4.34 Å².